The highest BCUT2D eigenvalue weighted by atomic mass is 16.7. The second-order valence-corrected chi connectivity index (χ2v) is 3.21. The van der Waals surface area contributed by atoms with Crippen molar-refractivity contribution in [1.82, 2.24) is 0 Å². The van der Waals surface area contributed by atoms with Crippen LogP contribution >= 0.6 is 0 Å². The summed E-state index contributed by atoms with van der Waals surface area (Å²) in [5.41, 5.74) is 0. The van der Waals surface area contributed by atoms with Gasteiger partial charge in [-0.25, -0.2) is 4.79 Å². The second kappa shape index (κ2) is 10.4. The minimum absolute atomic E-state index is 0.134. The van der Waals surface area contributed by atoms with Crippen LogP contribution in [0.2, 0.25) is 0 Å². The number of ether oxygens (including phenoxy) is 2. The highest BCUT2D eigenvalue weighted by molar-refractivity contribution is 5.59. The number of hydrogen-bond acceptors (Lipinski definition) is 3. The average Bonchev–Trinajstić information content (AvgIpc) is 2.17. The molecule has 0 spiro atoms. The van der Waals surface area contributed by atoms with E-state index in [1.165, 1.54) is 25.7 Å². The molecule has 0 amide bonds. The van der Waals surface area contributed by atoms with E-state index >= 15 is 0 Å². The molecule has 0 aromatic heterocycles. The highest BCUT2D eigenvalue weighted by Crippen LogP contribution is 2.04. The van der Waals surface area contributed by atoms with E-state index in [0.29, 0.717) is 6.61 Å². The Kier molecular flexibility index (Phi) is 9.81. The van der Waals surface area contributed by atoms with Crippen molar-refractivity contribution in [2.75, 3.05) is 13.2 Å². The summed E-state index contributed by atoms with van der Waals surface area (Å²) < 4.78 is 9.30. The van der Waals surface area contributed by atoms with Crippen LogP contribution in [0.3, 0.4) is 0 Å². The fraction of sp³-hybridized carbons (Fsp3) is 0.818. The molecule has 3 heteroatoms. The van der Waals surface area contributed by atoms with Gasteiger partial charge in [0, 0.05) is 0 Å². The zero-order chi connectivity index (χ0) is 10.6. The van der Waals surface area contributed by atoms with E-state index < -0.39 is 6.16 Å². The summed E-state index contributed by atoms with van der Waals surface area (Å²) in [6.45, 7) is 6.17. The van der Waals surface area contributed by atoms with Gasteiger partial charge in [0.25, 0.3) is 0 Å². The van der Waals surface area contributed by atoms with Gasteiger partial charge in [-0.2, -0.15) is 0 Å². The zero-order valence-corrected chi connectivity index (χ0v) is 9.09. The lowest BCUT2D eigenvalue weighted by molar-refractivity contribution is 0.0616. The van der Waals surface area contributed by atoms with Crippen molar-refractivity contribution in [3.8, 4) is 0 Å². The van der Waals surface area contributed by atoms with Crippen LogP contribution in [0, 0.1) is 6.92 Å². The van der Waals surface area contributed by atoms with Gasteiger partial charge in [0.1, 0.15) is 0 Å². The van der Waals surface area contributed by atoms with E-state index in [1.807, 2.05) is 0 Å². The quantitative estimate of drug-likeness (QED) is 0.446. The largest absolute Gasteiger partial charge is 0.508 e. The topological polar surface area (TPSA) is 35.5 Å². The summed E-state index contributed by atoms with van der Waals surface area (Å²) >= 11 is 0. The van der Waals surface area contributed by atoms with Crippen molar-refractivity contribution < 1.29 is 14.3 Å². The lowest BCUT2D eigenvalue weighted by Gasteiger charge is -2.03. The maximum atomic E-state index is 10.7. The number of carbonyl (C=O) groups is 1. The summed E-state index contributed by atoms with van der Waals surface area (Å²) in [4.78, 5) is 10.7. The summed E-state index contributed by atoms with van der Waals surface area (Å²) in [5, 5.41) is 0. The van der Waals surface area contributed by atoms with E-state index in [2.05, 4.69) is 18.6 Å². The first-order chi connectivity index (χ1) is 6.81. The van der Waals surface area contributed by atoms with E-state index in [0.717, 1.165) is 12.8 Å². The Balaban J connectivity index is 3.01. The van der Waals surface area contributed by atoms with E-state index in [9.17, 15) is 4.79 Å². The van der Waals surface area contributed by atoms with Crippen molar-refractivity contribution in [3.05, 3.63) is 6.92 Å². The van der Waals surface area contributed by atoms with Crippen LogP contribution in [0.15, 0.2) is 0 Å². The molecule has 83 valence electrons. The number of rotatable bonds is 8. The molecule has 1 radical (unpaired) electrons. The Morgan fingerprint density at radius 1 is 1.07 bits per heavy atom. The zero-order valence-electron chi connectivity index (χ0n) is 9.09. The Hall–Kier alpha value is -0.730. The lowest BCUT2D eigenvalue weighted by Crippen LogP contribution is -2.07. The molecule has 0 aliphatic rings. The second-order valence-electron chi connectivity index (χ2n) is 3.21. The van der Waals surface area contributed by atoms with Crippen molar-refractivity contribution in [1.29, 1.82) is 0 Å². The Bertz CT molecular complexity index is 134. The van der Waals surface area contributed by atoms with Gasteiger partial charge in [0.05, 0.1) is 13.2 Å². The van der Waals surface area contributed by atoms with Crippen molar-refractivity contribution in [3.63, 3.8) is 0 Å². The molecule has 0 aliphatic heterocycles. The summed E-state index contributed by atoms with van der Waals surface area (Å²) in [6.07, 6.45) is 6.50. The molecule has 0 aliphatic carbocycles. The minimum Gasteiger partial charge on any atom is -0.434 e. The molecule has 0 aromatic carbocycles. The highest BCUT2D eigenvalue weighted by Gasteiger charge is 2.00. The molecular formula is C11H21O3. The Morgan fingerprint density at radius 2 is 1.71 bits per heavy atom. The number of unbranched alkanes of at least 4 members (excludes halogenated alkanes) is 5. The van der Waals surface area contributed by atoms with Gasteiger partial charge < -0.3 is 9.47 Å². The first-order valence-corrected chi connectivity index (χ1v) is 5.40. The van der Waals surface area contributed by atoms with Crippen LogP contribution < -0.4 is 0 Å². The van der Waals surface area contributed by atoms with E-state index in [4.69, 9.17) is 4.74 Å². The van der Waals surface area contributed by atoms with Gasteiger partial charge in [0.15, 0.2) is 0 Å². The molecule has 0 rings (SSSR count). The molecule has 14 heavy (non-hydrogen) atoms. The summed E-state index contributed by atoms with van der Waals surface area (Å²) in [7, 11) is 0. The molecule has 0 aromatic rings. The monoisotopic (exact) mass is 201 g/mol. The third-order valence-electron chi connectivity index (χ3n) is 1.94. The van der Waals surface area contributed by atoms with Gasteiger partial charge in [-0.05, 0) is 13.3 Å². The van der Waals surface area contributed by atoms with Crippen LogP contribution in [0.5, 0.6) is 0 Å². The van der Waals surface area contributed by atoms with Crippen LogP contribution in [0.4, 0.5) is 4.79 Å². The van der Waals surface area contributed by atoms with Gasteiger partial charge in [-0.1, -0.05) is 39.0 Å². The smallest absolute Gasteiger partial charge is 0.434 e. The fourth-order valence-electron chi connectivity index (χ4n) is 1.16. The normalized spacial score (nSPS) is 9.86. The van der Waals surface area contributed by atoms with E-state index in [1.54, 1.807) is 0 Å². The average molecular weight is 201 g/mol. The molecular weight excluding hydrogens is 180 g/mol. The third-order valence-corrected chi connectivity index (χ3v) is 1.94. The van der Waals surface area contributed by atoms with Crippen LogP contribution in [0.25, 0.3) is 0 Å². The Labute approximate surface area is 86.8 Å². The molecule has 0 saturated carbocycles. The van der Waals surface area contributed by atoms with Crippen LogP contribution in [-0.4, -0.2) is 19.4 Å². The molecule has 0 fully saturated rings. The lowest BCUT2D eigenvalue weighted by atomic mass is 10.1. The van der Waals surface area contributed by atoms with Gasteiger partial charge in [-0.15, -0.1) is 0 Å². The van der Waals surface area contributed by atoms with Gasteiger partial charge in [-0.3, -0.25) is 0 Å². The maximum absolute atomic E-state index is 10.7. The predicted molar refractivity (Wildman–Crippen MR) is 56.0 cm³/mol. The van der Waals surface area contributed by atoms with Crippen LogP contribution in [0.1, 0.15) is 45.4 Å². The molecule has 0 atom stereocenters. The molecule has 0 N–H and O–H groups in total. The van der Waals surface area contributed by atoms with Gasteiger partial charge >= 0.3 is 6.16 Å². The third kappa shape index (κ3) is 9.36. The molecule has 0 unspecified atom stereocenters. The standard InChI is InChI=1S/C11H21O3/c1-3-5-6-7-8-9-10-14-11(12)13-4-2/h2-10H2,1H3. The van der Waals surface area contributed by atoms with E-state index in [-0.39, 0.29) is 6.61 Å². The fourth-order valence-corrected chi connectivity index (χ4v) is 1.16. The minimum atomic E-state index is -0.603. The molecule has 0 heterocycles. The predicted octanol–water partition coefficient (Wildman–Crippen LogP) is 3.33. The van der Waals surface area contributed by atoms with Crippen molar-refractivity contribution in [2.24, 2.45) is 0 Å². The van der Waals surface area contributed by atoms with Gasteiger partial charge in [0.2, 0.25) is 0 Å². The van der Waals surface area contributed by atoms with Crippen LogP contribution in [-0.2, 0) is 9.47 Å². The van der Waals surface area contributed by atoms with Crippen molar-refractivity contribution >= 4 is 6.16 Å². The Morgan fingerprint density at radius 3 is 2.36 bits per heavy atom. The maximum Gasteiger partial charge on any atom is 0.508 e. The summed E-state index contributed by atoms with van der Waals surface area (Å²) in [5.74, 6) is 0. The number of hydrogen-bond donors (Lipinski definition) is 0. The summed E-state index contributed by atoms with van der Waals surface area (Å²) in [6, 6.07) is 0. The molecule has 0 saturated heterocycles. The SMILES string of the molecule is [CH2]COC(=O)OCCCCCCCC. The molecule has 0 bridgehead atoms. The molecule has 3 nitrogen and oxygen atoms in total. The first kappa shape index (κ1) is 13.3. The van der Waals surface area contributed by atoms with Crippen molar-refractivity contribution in [2.45, 2.75) is 45.4 Å². The first-order valence-electron chi connectivity index (χ1n) is 5.40. The number of carbonyl (C=O) groups excluding carboxylic acids is 1.